The lowest BCUT2D eigenvalue weighted by atomic mass is 9.75. The van der Waals surface area contributed by atoms with Gasteiger partial charge in [0.1, 0.15) is 0 Å². The number of ether oxygens (including phenoxy) is 1. The minimum Gasteiger partial charge on any atom is -0.463 e. The summed E-state index contributed by atoms with van der Waals surface area (Å²) in [6, 6.07) is 33.5. The van der Waals surface area contributed by atoms with Crippen LogP contribution in [0.4, 0.5) is 0 Å². The molecule has 0 bridgehead atoms. The van der Waals surface area contributed by atoms with E-state index in [9.17, 15) is 10.1 Å². The SMILES string of the molecule is CCOC(=O)/C=C/[C@H]1[C@@H](C#N)CCN1C(c1ccccc1)(c1ccccc1)c1ccccc1. The van der Waals surface area contributed by atoms with Gasteiger partial charge in [0, 0.05) is 18.7 Å². The lowest BCUT2D eigenvalue weighted by Gasteiger charge is -2.46. The number of hydrogen-bond acceptors (Lipinski definition) is 4. The standard InChI is InChI=1S/C29H28N2O2/c1-2-33-28(32)19-18-27-23(22-30)20-21-31(27)29(24-12-6-3-7-13-24,25-14-8-4-9-15-25)26-16-10-5-11-17-26/h3-19,23,27H,2,20-21H2,1H3/b19-18+/t23-,27+/m1/s1. The molecule has 0 unspecified atom stereocenters. The van der Waals surface area contributed by atoms with Crippen molar-refractivity contribution in [2.24, 2.45) is 5.92 Å². The molecule has 0 radical (unpaired) electrons. The minimum atomic E-state index is -0.626. The van der Waals surface area contributed by atoms with Crippen molar-refractivity contribution in [3.63, 3.8) is 0 Å². The van der Waals surface area contributed by atoms with Gasteiger partial charge in [-0.25, -0.2) is 4.79 Å². The Hall–Kier alpha value is -3.68. The molecule has 1 heterocycles. The van der Waals surface area contributed by atoms with Crippen LogP contribution in [0.15, 0.2) is 103 Å². The molecule has 1 aliphatic rings. The number of carbonyl (C=O) groups excluding carboxylic acids is 1. The zero-order valence-electron chi connectivity index (χ0n) is 18.8. The van der Waals surface area contributed by atoms with Gasteiger partial charge in [-0.05, 0) is 30.0 Å². The number of carbonyl (C=O) groups is 1. The quantitative estimate of drug-likeness (QED) is 0.286. The first-order chi connectivity index (χ1) is 16.2. The van der Waals surface area contributed by atoms with Crippen molar-refractivity contribution >= 4 is 5.97 Å². The molecule has 3 aromatic rings. The third-order valence-corrected chi connectivity index (χ3v) is 6.34. The Morgan fingerprint density at radius 3 is 1.88 bits per heavy atom. The monoisotopic (exact) mass is 436 g/mol. The van der Waals surface area contributed by atoms with Crippen LogP contribution >= 0.6 is 0 Å². The molecule has 1 aliphatic heterocycles. The molecule has 3 aromatic carbocycles. The van der Waals surface area contributed by atoms with Crippen LogP contribution in [-0.2, 0) is 15.1 Å². The van der Waals surface area contributed by atoms with E-state index in [0.717, 1.165) is 29.7 Å². The summed E-state index contributed by atoms with van der Waals surface area (Å²) in [6.07, 6.45) is 4.05. The normalized spacial score (nSPS) is 18.8. The molecule has 4 rings (SSSR count). The fraction of sp³-hybridized carbons (Fsp3) is 0.241. The molecular formula is C29H28N2O2. The second-order valence-corrected chi connectivity index (χ2v) is 8.13. The smallest absolute Gasteiger partial charge is 0.330 e. The van der Waals surface area contributed by atoms with Crippen molar-refractivity contribution in [2.75, 3.05) is 13.2 Å². The van der Waals surface area contributed by atoms with Crippen molar-refractivity contribution in [3.05, 3.63) is 120 Å². The summed E-state index contributed by atoms with van der Waals surface area (Å²) in [6.45, 7) is 2.83. The highest BCUT2D eigenvalue weighted by molar-refractivity contribution is 5.82. The zero-order valence-corrected chi connectivity index (χ0v) is 18.8. The molecule has 4 heteroatoms. The molecule has 1 saturated heterocycles. The summed E-state index contributed by atoms with van der Waals surface area (Å²) in [5.41, 5.74) is 2.74. The van der Waals surface area contributed by atoms with E-state index in [0.29, 0.717) is 6.61 Å². The van der Waals surface area contributed by atoms with E-state index in [1.54, 1.807) is 6.92 Å². The van der Waals surface area contributed by atoms with Gasteiger partial charge >= 0.3 is 5.97 Å². The van der Waals surface area contributed by atoms with Gasteiger partial charge in [0.2, 0.25) is 0 Å². The average molecular weight is 437 g/mol. The van der Waals surface area contributed by atoms with Gasteiger partial charge in [0.05, 0.1) is 24.1 Å². The van der Waals surface area contributed by atoms with Crippen LogP contribution in [0.2, 0.25) is 0 Å². The van der Waals surface area contributed by atoms with E-state index in [-0.39, 0.29) is 17.9 Å². The lowest BCUT2D eigenvalue weighted by molar-refractivity contribution is -0.137. The van der Waals surface area contributed by atoms with Crippen LogP contribution < -0.4 is 0 Å². The molecule has 0 aromatic heterocycles. The molecular weight excluding hydrogens is 408 g/mol. The van der Waals surface area contributed by atoms with Crippen molar-refractivity contribution < 1.29 is 9.53 Å². The average Bonchev–Trinajstić information content (AvgIpc) is 3.29. The van der Waals surface area contributed by atoms with Crippen LogP contribution in [0, 0.1) is 17.2 Å². The maximum Gasteiger partial charge on any atom is 0.330 e. The molecule has 2 atom stereocenters. The maximum absolute atomic E-state index is 12.2. The van der Waals surface area contributed by atoms with Gasteiger partial charge in [-0.1, -0.05) is 97.1 Å². The highest BCUT2D eigenvalue weighted by atomic mass is 16.5. The Balaban J connectivity index is 1.96. The van der Waals surface area contributed by atoms with Crippen LogP contribution in [0.3, 0.4) is 0 Å². The molecule has 0 spiro atoms. The first kappa shape index (κ1) is 22.5. The molecule has 0 N–H and O–H groups in total. The molecule has 33 heavy (non-hydrogen) atoms. The number of benzene rings is 3. The van der Waals surface area contributed by atoms with Gasteiger partial charge in [-0.2, -0.15) is 5.26 Å². The summed E-state index contributed by atoms with van der Waals surface area (Å²) < 4.78 is 5.12. The first-order valence-corrected chi connectivity index (χ1v) is 11.4. The molecule has 166 valence electrons. The van der Waals surface area contributed by atoms with Crippen molar-refractivity contribution in [3.8, 4) is 6.07 Å². The summed E-state index contributed by atoms with van der Waals surface area (Å²) in [7, 11) is 0. The number of nitrogens with zero attached hydrogens (tertiary/aromatic N) is 2. The zero-order chi connectivity index (χ0) is 23.1. The number of esters is 1. The second kappa shape index (κ2) is 10.3. The first-order valence-electron chi connectivity index (χ1n) is 11.4. The molecule has 1 fully saturated rings. The van der Waals surface area contributed by atoms with E-state index in [1.807, 2.05) is 24.3 Å². The van der Waals surface area contributed by atoms with E-state index in [1.165, 1.54) is 6.08 Å². The minimum absolute atomic E-state index is 0.230. The third-order valence-electron chi connectivity index (χ3n) is 6.34. The Kier molecular flexibility index (Phi) is 7.02. The highest BCUT2D eigenvalue weighted by Crippen LogP contribution is 2.47. The Morgan fingerprint density at radius 1 is 0.970 bits per heavy atom. The lowest BCUT2D eigenvalue weighted by Crippen LogP contribution is -2.50. The van der Waals surface area contributed by atoms with Gasteiger partial charge < -0.3 is 4.74 Å². The summed E-state index contributed by atoms with van der Waals surface area (Å²) in [5, 5.41) is 9.97. The van der Waals surface area contributed by atoms with Crippen LogP contribution in [0.25, 0.3) is 0 Å². The predicted octanol–water partition coefficient (Wildman–Crippen LogP) is 5.31. The Bertz CT molecular complexity index is 1020. The second-order valence-electron chi connectivity index (χ2n) is 8.13. The van der Waals surface area contributed by atoms with E-state index >= 15 is 0 Å². The molecule has 4 nitrogen and oxygen atoms in total. The van der Waals surface area contributed by atoms with E-state index < -0.39 is 5.54 Å². The van der Waals surface area contributed by atoms with Crippen molar-refractivity contribution in [2.45, 2.75) is 24.9 Å². The predicted molar refractivity (Wildman–Crippen MR) is 129 cm³/mol. The number of nitriles is 1. The molecule has 0 aliphatic carbocycles. The number of hydrogen-bond donors (Lipinski definition) is 0. The van der Waals surface area contributed by atoms with E-state index in [4.69, 9.17) is 4.74 Å². The van der Waals surface area contributed by atoms with E-state index in [2.05, 4.69) is 83.8 Å². The number of rotatable bonds is 7. The summed E-state index contributed by atoms with van der Waals surface area (Å²) in [5.74, 6) is -0.614. The largest absolute Gasteiger partial charge is 0.463 e. The van der Waals surface area contributed by atoms with Crippen molar-refractivity contribution in [1.29, 1.82) is 5.26 Å². The fourth-order valence-electron chi connectivity index (χ4n) is 4.99. The van der Waals surface area contributed by atoms with Crippen LogP contribution in [0.1, 0.15) is 30.0 Å². The Morgan fingerprint density at radius 2 is 1.45 bits per heavy atom. The van der Waals surface area contributed by atoms with Gasteiger partial charge in [-0.3, -0.25) is 4.90 Å². The van der Waals surface area contributed by atoms with Gasteiger partial charge in [-0.15, -0.1) is 0 Å². The van der Waals surface area contributed by atoms with Gasteiger partial charge in [0.25, 0.3) is 0 Å². The fourth-order valence-corrected chi connectivity index (χ4v) is 4.99. The topological polar surface area (TPSA) is 53.3 Å². The molecule has 0 saturated carbocycles. The highest BCUT2D eigenvalue weighted by Gasteiger charge is 2.49. The van der Waals surface area contributed by atoms with Crippen LogP contribution in [0.5, 0.6) is 0 Å². The van der Waals surface area contributed by atoms with Gasteiger partial charge in [0.15, 0.2) is 0 Å². The van der Waals surface area contributed by atoms with Crippen LogP contribution in [-0.4, -0.2) is 30.1 Å². The summed E-state index contributed by atoms with van der Waals surface area (Å²) >= 11 is 0. The number of likely N-dealkylation sites (tertiary alicyclic amines) is 1. The Labute approximate surface area is 195 Å². The van der Waals surface area contributed by atoms with Crippen molar-refractivity contribution in [1.82, 2.24) is 4.90 Å². The molecule has 0 amide bonds. The summed E-state index contributed by atoms with van der Waals surface area (Å²) in [4.78, 5) is 14.5. The third kappa shape index (κ3) is 4.33. The maximum atomic E-state index is 12.2.